The molecule has 0 aromatic heterocycles. The third-order valence-corrected chi connectivity index (χ3v) is 10.2. The highest BCUT2D eigenvalue weighted by atomic mass is 31.2. The van der Waals surface area contributed by atoms with E-state index in [1.807, 2.05) is 91.0 Å². The Balaban J connectivity index is 1.23. The molecule has 0 saturated carbocycles. The van der Waals surface area contributed by atoms with Gasteiger partial charge in [-0.05, 0) is 108 Å². The molecule has 0 bridgehead atoms. The van der Waals surface area contributed by atoms with Crippen LogP contribution >= 0.6 is 7.60 Å². The molecule has 0 radical (unpaired) electrons. The molecule has 0 aliphatic heterocycles. The highest BCUT2D eigenvalue weighted by molar-refractivity contribution is 7.54. The number of carboxylic acid groups (broad SMARTS) is 1. The van der Waals surface area contributed by atoms with Gasteiger partial charge in [-0.2, -0.15) is 0 Å². The molecule has 0 spiro atoms. The predicted octanol–water partition coefficient (Wildman–Crippen LogP) is 6.73. The maximum absolute atomic E-state index is 14.5. The van der Waals surface area contributed by atoms with E-state index >= 15 is 0 Å². The number of hydrogen-bond donors (Lipinski definition) is 3. The van der Waals surface area contributed by atoms with Crippen LogP contribution in [-0.2, 0) is 46.3 Å². The van der Waals surface area contributed by atoms with Gasteiger partial charge in [0.25, 0.3) is 0 Å². The van der Waals surface area contributed by atoms with Gasteiger partial charge in [0.2, 0.25) is 5.91 Å². The Morgan fingerprint density at radius 3 is 1.89 bits per heavy atom. The van der Waals surface area contributed by atoms with E-state index in [0.29, 0.717) is 11.5 Å². The minimum Gasteiger partial charge on any atom is -0.481 e. The van der Waals surface area contributed by atoms with Crippen LogP contribution < -0.4 is 19.7 Å². The van der Waals surface area contributed by atoms with E-state index in [1.165, 1.54) is 22.3 Å². The zero-order valence-electron chi connectivity index (χ0n) is 25.7. The summed E-state index contributed by atoms with van der Waals surface area (Å²) in [6.07, 6.45) is 5.93. The predicted molar refractivity (Wildman–Crippen MR) is 178 cm³/mol. The maximum Gasteiger partial charge on any atom is 0.444 e. The number of aliphatic carboxylic acids is 1. The van der Waals surface area contributed by atoms with Gasteiger partial charge in [0.1, 0.15) is 17.8 Å². The molecule has 1 atom stereocenters. The monoisotopic (exact) mass is 638 g/mol. The second-order valence-electron chi connectivity index (χ2n) is 12.0. The molecule has 4 aromatic carbocycles. The summed E-state index contributed by atoms with van der Waals surface area (Å²) in [5.41, 5.74) is 7.94. The Bertz CT molecular complexity index is 1680. The van der Waals surface area contributed by atoms with Crippen molar-refractivity contribution < 1.29 is 28.3 Å². The molecule has 238 valence electrons. The first-order chi connectivity index (χ1) is 22.3. The van der Waals surface area contributed by atoms with Crippen molar-refractivity contribution in [2.24, 2.45) is 0 Å². The Morgan fingerprint density at radius 2 is 1.30 bits per heavy atom. The van der Waals surface area contributed by atoms with Crippen molar-refractivity contribution in [2.45, 2.75) is 57.4 Å². The molecule has 0 heterocycles. The SMILES string of the molecule is O=C(O)CCNC(=O)[C@H](Cc1ccc(-c2ccccc2)cc1)NCP(=O)(Oc1ccc2c(c1)CCC2)Oc1ccc2c(c1)CCC2. The number of amides is 1. The van der Waals surface area contributed by atoms with E-state index in [1.54, 1.807) is 0 Å². The molecule has 0 unspecified atom stereocenters. The Labute approximate surface area is 269 Å². The first-order valence-electron chi connectivity index (χ1n) is 15.9. The molecule has 2 aliphatic carbocycles. The highest BCUT2D eigenvalue weighted by Gasteiger charge is 2.32. The van der Waals surface area contributed by atoms with Crippen LogP contribution in [0.15, 0.2) is 91.0 Å². The molecule has 2 aliphatic rings. The molecule has 8 nitrogen and oxygen atoms in total. The molecule has 46 heavy (non-hydrogen) atoms. The van der Waals surface area contributed by atoms with Gasteiger partial charge in [0.05, 0.1) is 12.5 Å². The minimum atomic E-state index is -3.89. The normalized spacial score (nSPS) is 14.3. The molecule has 4 aromatic rings. The summed E-state index contributed by atoms with van der Waals surface area (Å²) >= 11 is 0. The van der Waals surface area contributed by atoms with E-state index < -0.39 is 25.5 Å². The quantitative estimate of drug-likeness (QED) is 0.131. The Kier molecular flexibility index (Phi) is 9.86. The third kappa shape index (κ3) is 8.06. The number of rotatable bonds is 14. The summed E-state index contributed by atoms with van der Waals surface area (Å²) in [6.45, 7) is -0.0196. The number of carbonyl (C=O) groups excluding carboxylic acids is 1. The van der Waals surface area contributed by atoms with Gasteiger partial charge in [-0.25, -0.2) is 4.57 Å². The molecule has 0 saturated heterocycles. The fraction of sp³-hybridized carbons (Fsp3) is 0.297. The maximum atomic E-state index is 14.5. The van der Waals surface area contributed by atoms with E-state index in [9.17, 15) is 14.2 Å². The minimum absolute atomic E-state index is 0.0196. The largest absolute Gasteiger partial charge is 0.481 e. The summed E-state index contributed by atoms with van der Waals surface area (Å²) in [4.78, 5) is 24.5. The van der Waals surface area contributed by atoms with E-state index in [2.05, 4.69) is 10.6 Å². The molecule has 0 fully saturated rings. The van der Waals surface area contributed by atoms with Crippen molar-refractivity contribution in [3.05, 3.63) is 119 Å². The van der Waals surface area contributed by atoms with Gasteiger partial charge in [-0.1, -0.05) is 66.7 Å². The lowest BCUT2D eigenvalue weighted by molar-refractivity contribution is -0.137. The zero-order valence-corrected chi connectivity index (χ0v) is 26.6. The van der Waals surface area contributed by atoms with Crippen molar-refractivity contribution in [3.8, 4) is 22.6 Å². The second-order valence-corrected chi connectivity index (χ2v) is 13.9. The molecular weight excluding hydrogens is 599 g/mol. The van der Waals surface area contributed by atoms with Gasteiger partial charge in [-0.15, -0.1) is 0 Å². The van der Waals surface area contributed by atoms with Gasteiger partial charge in [0.15, 0.2) is 0 Å². The van der Waals surface area contributed by atoms with E-state index in [4.69, 9.17) is 14.2 Å². The van der Waals surface area contributed by atoms with Crippen LogP contribution in [-0.4, -0.2) is 35.9 Å². The number of aryl methyl sites for hydroxylation is 4. The first-order valence-corrected chi connectivity index (χ1v) is 17.7. The van der Waals surface area contributed by atoms with E-state index in [0.717, 1.165) is 55.2 Å². The smallest absolute Gasteiger partial charge is 0.444 e. The summed E-state index contributed by atoms with van der Waals surface area (Å²) in [5, 5.41) is 15.0. The summed E-state index contributed by atoms with van der Waals surface area (Å²) in [5.74, 6) is -0.469. The number of carbonyl (C=O) groups is 2. The van der Waals surface area contributed by atoms with Crippen molar-refractivity contribution >= 4 is 19.5 Å². The standard InChI is InChI=1S/C37H39N2O6P/c40-36(41)20-21-38-37(42)35(22-26-12-14-30(15-13-26)27-6-2-1-3-7-27)39-25-46(43,44-33-18-16-28-8-4-10-31(28)23-33)45-34-19-17-29-9-5-11-32(29)24-34/h1-3,6-7,12-19,23-24,35,39H,4-5,8-11,20-22,25H2,(H,38,42)(H,40,41)/t35-/m0/s1. The molecule has 9 heteroatoms. The number of hydrogen-bond acceptors (Lipinski definition) is 6. The molecule has 1 amide bonds. The van der Waals surface area contributed by atoms with Crippen LogP contribution in [0.5, 0.6) is 11.5 Å². The highest BCUT2D eigenvalue weighted by Crippen LogP contribution is 2.49. The van der Waals surface area contributed by atoms with Crippen LogP contribution in [0.25, 0.3) is 11.1 Å². The zero-order chi connectivity index (χ0) is 31.9. The van der Waals surface area contributed by atoms with Crippen molar-refractivity contribution in [3.63, 3.8) is 0 Å². The van der Waals surface area contributed by atoms with Gasteiger partial charge in [-0.3, -0.25) is 14.9 Å². The number of nitrogens with one attached hydrogen (secondary N) is 2. The van der Waals surface area contributed by atoms with E-state index in [-0.39, 0.29) is 25.7 Å². The van der Waals surface area contributed by atoms with Crippen molar-refractivity contribution in [1.29, 1.82) is 0 Å². The fourth-order valence-electron chi connectivity index (χ4n) is 6.21. The van der Waals surface area contributed by atoms with Crippen LogP contribution in [0.4, 0.5) is 0 Å². The van der Waals surface area contributed by atoms with Crippen LogP contribution in [0.2, 0.25) is 0 Å². The average molecular weight is 639 g/mol. The van der Waals surface area contributed by atoms with Gasteiger partial charge in [0, 0.05) is 6.54 Å². The number of benzene rings is 4. The summed E-state index contributed by atoms with van der Waals surface area (Å²) in [6, 6.07) is 28.7. The summed E-state index contributed by atoms with van der Waals surface area (Å²) in [7, 11) is -3.89. The Morgan fingerprint density at radius 1 is 0.739 bits per heavy atom. The van der Waals surface area contributed by atoms with Gasteiger partial charge < -0.3 is 19.5 Å². The molecule has 6 rings (SSSR count). The Hall–Kier alpha value is -4.39. The lowest BCUT2D eigenvalue weighted by Crippen LogP contribution is -2.46. The number of carboxylic acids is 1. The summed E-state index contributed by atoms with van der Waals surface area (Å²) < 4.78 is 26.9. The molecule has 3 N–H and O–H groups in total. The lowest BCUT2D eigenvalue weighted by Gasteiger charge is -2.24. The van der Waals surface area contributed by atoms with Crippen molar-refractivity contribution in [2.75, 3.05) is 12.8 Å². The second kappa shape index (κ2) is 14.4. The number of fused-ring (bicyclic) bond motifs is 2. The average Bonchev–Trinajstić information content (AvgIpc) is 3.72. The van der Waals surface area contributed by atoms with Gasteiger partial charge >= 0.3 is 13.6 Å². The van der Waals surface area contributed by atoms with Crippen LogP contribution in [0.1, 0.15) is 47.1 Å². The fourth-order valence-corrected chi connectivity index (χ4v) is 7.69. The lowest BCUT2D eigenvalue weighted by atomic mass is 10.0. The first kappa shape index (κ1) is 31.6. The topological polar surface area (TPSA) is 114 Å². The van der Waals surface area contributed by atoms with Crippen LogP contribution in [0.3, 0.4) is 0 Å². The third-order valence-electron chi connectivity index (χ3n) is 8.62. The van der Waals surface area contributed by atoms with Crippen LogP contribution in [0, 0.1) is 0 Å². The van der Waals surface area contributed by atoms with Crippen molar-refractivity contribution in [1.82, 2.24) is 10.6 Å². The molecular formula is C37H39N2O6P.